The van der Waals surface area contributed by atoms with Gasteiger partial charge in [-0.1, -0.05) is 0 Å². The number of anilines is 1. The minimum atomic E-state index is 0.657. The summed E-state index contributed by atoms with van der Waals surface area (Å²) in [6, 6.07) is 2.07. The first-order chi connectivity index (χ1) is 7.25. The zero-order valence-electron chi connectivity index (χ0n) is 8.99. The van der Waals surface area contributed by atoms with Gasteiger partial charge in [-0.05, 0) is 18.9 Å². The highest BCUT2D eigenvalue weighted by atomic mass is 15.2. The molecule has 1 fully saturated rings. The summed E-state index contributed by atoms with van der Waals surface area (Å²) >= 11 is 0. The third-order valence-electron chi connectivity index (χ3n) is 2.80. The molecule has 0 aromatic carbocycles. The molecule has 0 amide bonds. The molecular formula is C11H14N4. The summed E-state index contributed by atoms with van der Waals surface area (Å²) in [5.41, 5.74) is 2.17. The van der Waals surface area contributed by atoms with E-state index in [9.17, 15) is 0 Å². The molecule has 0 bridgehead atoms. The third-order valence-corrected chi connectivity index (χ3v) is 2.80. The number of hydrogen-bond acceptors (Lipinski definition) is 3. The van der Waals surface area contributed by atoms with Crippen molar-refractivity contribution >= 4 is 17.0 Å². The van der Waals surface area contributed by atoms with E-state index < -0.39 is 0 Å². The number of rotatable bonds is 2. The largest absolute Gasteiger partial charge is 0.347 e. The van der Waals surface area contributed by atoms with Crippen molar-refractivity contribution in [1.29, 1.82) is 0 Å². The fourth-order valence-corrected chi connectivity index (χ4v) is 1.82. The van der Waals surface area contributed by atoms with Crippen molar-refractivity contribution in [2.75, 3.05) is 19.0 Å². The van der Waals surface area contributed by atoms with Gasteiger partial charge < -0.3 is 9.88 Å². The van der Waals surface area contributed by atoms with E-state index >= 15 is 0 Å². The molecule has 2 aromatic heterocycles. The van der Waals surface area contributed by atoms with Crippen LogP contribution in [0.4, 0.5) is 5.95 Å². The van der Waals surface area contributed by atoms with E-state index in [1.807, 2.05) is 25.2 Å². The van der Waals surface area contributed by atoms with Crippen molar-refractivity contribution in [1.82, 2.24) is 15.0 Å². The molecule has 0 saturated heterocycles. The lowest BCUT2D eigenvalue weighted by atomic mass is 10.2. The fraction of sp³-hybridized carbons (Fsp3) is 0.455. The summed E-state index contributed by atoms with van der Waals surface area (Å²) in [5.74, 6) is 1.46. The van der Waals surface area contributed by atoms with E-state index in [1.165, 1.54) is 23.9 Å². The maximum atomic E-state index is 4.63. The second kappa shape index (κ2) is 2.95. The van der Waals surface area contributed by atoms with E-state index in [2.05, 4.69) is 21.0 Å². The van der Waals surface area contributed by atoms with Crippen LogP contribution < -0.4 is 4.90 Å². The van der Waals surface area contributed by atoms with Crippen LogP contribution in [0.3, 0.4) is 0 Å². The van der Waals surface area contributed by atoms with Gasteiger partial charge in [0, 0.05) is 31.6 Å². The SMILES string of the molecule is CN(C)c1nc(C2CC2)c2cc[nH]c2n1. The highest BCUT2D eigenvalue weighted by Gasteiger charge is 2.28. The van der Waals surface area contributed by atoms with Crippen LogP contribution in [-0.4, -0.2) is 29.0 Å². The van der Waals surface area contributed by atoms with Gasteiger partial charge in [-0.25, -0.2) is 4.98 Å². The summed E-state index contributed by atoms with van der Waals surface area (Å²) in [5, 5.41) is 1.18. The molecule has 1 saturated carbocycles. The fourth-order valence-electron chi connectivity index (χ4n) is 1.82. The topological polar surface area (TPSA) is 44.8 Å². The molecule has 0 spiro atoms. The molecule has 2 heterocycles. The Hall–Kier alpha value is -1.58. The van der Waals surface area contributed by atoms with Crippen LogP contribution in [0.5, 0.6) is 0 Å². The van der Waals surface area contributed by atoms with Crippen LogP contribution in [-0.2, 0) is 0 Å². The molecule has 0 atom stereocenters. The average Bonchev–Trinajstić information content (AvgIpc) is 2.94. The third kappa shape index (κ3) is 1.37. The second-order valence-corrected chi connectivity index (χ2v) is 4.32. The quantitative estimate of drug-likeness (QED) is 0.809. The first kappa shape index (κ1) is 8.71. The maximum absolute atomic E-state index is 4.63. The summed E-state index contributed by atoms with van der Waals surface area (Å²) in [6.07, 6.45) is 4.47. The van der Waals surface area contributed by atoms with E-state index in [1.54, 1.807) is 0 Å². The number of nitrogens with one attached hydrogen (secondary N) is 1. The molecule has 0 unspecified atom stereocenters. The van der Waals surface area contributed by atoms with Gasteiger partial charge in [-0.15, -0.1) is 0 Å². The molecule has 4 nitrogen and oxygen atoms in total. The van der Waals surface area contributed by atoms with Crippen LogP contribution >= 0.6 is 0 Å². The Kier molecular flexibility index (Phi) is 1.71. The Morgan fingerprint density at radius 1 is 1.33 bits per heavy atom. The van der Waals surface area contributed by atoms with Crippen molar-refractivity contribution in [3.05, 3.63) is 18.0 Å². The van der Waals surface area contributed by atoms with Crippen molar-refractivity contribution in [3.8, 4) is 0 Å². The number of H-pyrrole nitrogens is 1. The predicted octanol–water partition coefficient (Wildman–Crippen LogP) is 1.90. The molecule has 4 heteroatoms. The Bertz CT molecular complexity index is 496. The van der Waals surface area contributed by atoms with Gasteiger partial charge in [0.05, 0.1) is 5.69 Å². The normalized spacial score (nSPS) is 15.9. The Morgan fingerprint density at radius 2 is 2.13 bits per heavy atom. The van der Waals surface area contributed by atoms with Gasteiger partial charge in [0.25, 0.3) is 0 Å². The van der Waals surface area contributed by atoms with Gasteiger partial charge >= 0.3 is 0 Å². The number of fused-ring (bicyclic) bond motifs is 1. The summed E-state index contributed by atoms with van der Waals surface area (Å²) in [4.78, 5) is 14.2. The Labute approximate surface area is 88.3 Å². The van der Waals surface area contributed by atoms with Crippen LogP contribution in [0.25, 0.3) is 11.0 Å². The molecule has 2 aromatic rings. The predicted molar refractivity (Wildman–Crippen MR) is 60.2 cm³/mol. The molecule has 15 heavy (non-hydrogen) atoms. The van der Waals surface area contributed by atoms with Crippen molar-refractivity contribution in [2.24, 2.45) is 0 Å². The zero-order valence-corrected chi connectivity index (χ0v) is 8.99. The summed E-state index contributed by atoms with van der Waals surface area (Å²) in [7, 11) is 3.95. The molecule has 0 aliphatic heterocycles. The van der Waals surface area contributed by atoms with Gasteiger partial charge in [-0.3, -0.25) is 0 Å². The molecule has 78 valence electrons. The van der Waals surface area contributed by atoms with E-state index in [4.69, 9.17) is 0 Å². The number of aromatic amines is 1. The van der Waals surface area contributed by atoms with Crippen molar-refractivity contribution in [2.45, 2.75) is 18.8 Å². The van der Waals surface area contributed by atoms with Gasteiger partial charge in [0.2, 0.25) is 5.95 Å². The van der Waals surface area contributed by atoms with Crippen LogP contribution in [0.2, 0.25) is 0 Å². The Morgan fingerprint density at radius 3 is 2.80 bits per heavy atom. The van der Waals surface area contributed by atoms with Crippen molar-refractivity contribution in [3.63, 3.8) is 0 Å². The highest BCUT2D eigenvalue weighted by Crippen LogP contribution is 2.42. The Balaban J connectivity index is 2.24. The van der Waals surface area contributed by atoms with E-state index in [-0.39, 0.29) is 0 Å². The van der Waals surface area contributed by atoms with Crippen LogP contribution in [0.15, 0.2) is 12.3 Å². The molecular weight excluding hydrogens is 188 g/mol. The number of aromatic nitrogens is 3. The lowest BCUT2D eigenvalue weighted by Crippen LogP contribution is -2.13. The van der Waals surface area contributed by atoms with Gasteiger partial charge in [0.15, 0.2) is 0 Å². The van der Waals surface area contributed by atoms with Crippen LogP contribution in [0.1, 0.15) is 24.5 Å². The number of hydrogen-bond donors (Lipinski definition) is 1. The van der Waals surface area contributed by atoms with Gasteiger partial charge in [0.1, 0.15) is 5.65 Å². The summed E-state index contributed by atoms with van der Waals surface area (Å²) in [6.45, 7) is 0. The summed E-state index contributed by atoms with van der Waals surface area (Å²) < 4.78 is 0. The molecule has 3 rings (SSSR count). The minimum Gasteiger partial charge on any atom is -0.347 e. The first-order valence-corrected chi connectivity index (χ1v) is 5.28. The zero-order chi connectivity index (χ0) is 10.4. The smallest absolute Gasteiger partial charge is 0.227 e. The molecule has 1 aliphatic carbocycles. The second-order valence-electron chi connectivity index (χ2n) is 4.32. The highest BCUT2D eigenvalue weighted by molar-refractivity contribution is 5.80. The molecule has 1 aliphatic rings. The lowest BCUT2D eigenvalue weighted by molar-refractivity contribution is 0.955. The van der Waals surface area contributed by atoms with Crippen LogP contribution in [0, 0.1) is 0 Å². The average molecular weight is 202 g/mol. The maximum Gasteiger partial charge on any atom is 0.227 e. The number of nitrogens with zero attached hydrogens (tertiary/aromatic N) is 3. The lowest BCUT2D eigenvalue weighted by Gasteiger charge is -2.11. The minimum absolute atomic E-state index is 0.657. The monoisotopic (exact) mass is 202 g/mol. The van der Waals surface area contributed by atoms with E-state index in [0.717, 1.165) is 11.6 Å². The van der Waals surface area contributed by atoms with E-state index in [0.29, 0.717) is 5.92 Å². The standard InChI is InChI=1S/C11H14N4/c1-15(2)11-13-9(7-3-4-7)8-5-6-12-10(8)14-11/h5-7H,3-4H2,1-2H3,(H,12,13,14). The van der Waals surface area contributed by atoms with Crippen molar-refractivity contribution < 1.29 is 0 Å². The molecule has 1 N–H and O–H groups in total. The first-order valence-electron chi connectivity index (χ1n) is 5.28. The van der Waals surface area contributed by atoms with Gasteiger partial charge in [-0.2, -0.15) is 4.98 Å². The molecule has 0 radical (unpaired) electrons.